The van der Waals surface area contributed by atoms with Gasteiger partial charge < -0.3 is 10.4 Å². The Kier molecular flexibility index (Phi) is 4.66. The van der Waals surface area contributed by atoms with Gasteiger partial charge in [0, 0.05) is 17.4 Å². The van der Waals surface area contributed by atoms with Gasteiger partial charge in [-0.25, -0.2) is 12.8 Å². The van der Waals surface area contributed by atoms with Gasteiger partial charge in [0.25, 0.3) is 0 Å². The van der Waals surface area contributed by atoms with E-state index in [9.17, 15) is 22.7 Å². The van der Waals surface area contributed by atoms with E-state index in [2.05, 4.69) is 21.2 Å². The third kappa shape index (κ3) is 3.79. The average molecular weight is 381 g/mol. The number of benzene rings is 1. The molecule has 0 unspecified atom stereocenters. The number of hydrogen-bond donors (Lipinski definition) is 2. The van der Waals surface area contributed by atoms with Crippen molar-refractivity contribution in [2.24, 2.45) is 0 Å². The van der Waals surface area contributed by atoms with Gasteiger partial charge in [0.15, 0.2) is 0 Å². The molecular formula is C12H14BrFN2O4S. The van der Waals surface area contributed by atoms with Gasteiger partial charge in [-0.05, 0) is 18.2 Å². The molecular weight excluding hydrogens is 367 g/mol. The quantitative estimate of drug-likeness (QED) is 0.816. The first kappa shape index (κ1) is 16.3. The van der Waals surface area contributed by atoms with Crippen molar-refractivity contribution in [1.29, 1.82) is 0 Å². The summed E-state index contributed by atoms with van der Waals surface area (Å²) in [5.41, 5.74) is -0.0435. The van der Waals surface area contributed by atoms with Crippen LogP contribution in [0.5, 0.6) is 0 Å². The molecule has 1 heterocycles. The maximum absolute atomic E-state index is 13.7. The number of sulfonamides is 1. The Balaban J connectivity index is 2.19. The molecule has 1 fully saturated rings. The molecule has 0 bridgehead atoms. The second-order valence-electron chi connectivity index (χ2n) is 4.85. The van der Waals surface area contributed by atoms with Crippen LogP contribution in [0, 0.1) is 5.82 Å². The molecule has 2 rings (SSSR count). The van der Waals surface area contributed by atoms with Crippen molar-refractivity contribution in [3.05, 3.63) is 28.5 Å². The molecule has 1 saturated heterocycles. The third-order valence-corrected chi connectivity index (χ3v) is 4.90. The van der Waals surface area contributed by atoms with Crippen LogP contribution in [0.15, 0.2) is 22.7 Å². The van der Waals surface area contributed by atoms with Crippen molar-refractivity contribution in [2.75, 3.05) is 18.1 Å². The summed E-state index contributed by atoms with van der Waals surface area (Å²) < 4.78 is 38.3. The standard InChI is InChI=1S/C12H14BrFN2O4S/c1-21(19,20)16-6-8(17)5-11(16)12(18)15-10-3-2-7(13)4-9(10)14/h2-4,8,11,17H,5-6H2,1H3,(H,15,18)/t8-,11+/m1/s1. The second kappa shape index (κ2) is 5.99. The van der Waals surface area contributed by atoms with Crippen LogP contribution in [-0.4, -0.2) is 48.7 Å². The van der Waals surface area contributed by atoms with Gasteiger partial charge in [0.1, 0.15) is 11.9 Å². The molecule has 2 atom stereocenters. The monoisotopic (exact) mass is 380 g/mol. The maximum Gasteiger partial charge on any atom is 0.243 e. The Morgan fingerprint density at radius 3 is 2.76 bits per heavy atom. The van der Waals surface area contributed by atoms with Crippen LogP contribution in [-0.2, 0) is 14.8 Å². The van der Waals surface area contributed by atoms with E-state index in [4.69, 9.17) is 0 Å². The lowest BCUT2D eigenvalue weighted by Gasteiger charge is -2.21. The summed E-state index contributed by atoms with van der Waals surface area (Å²) in [5, 5.41) is 11.9. The van der Waals surface area contributed by atoms with E-state index in [1.54, 1.807) is 6.07 Å². The number of nitrogens with zero attached hydrogens (tertiary/aromatic N) is 1. The first-order valence-electron chi connectivity index (χ1n) is 6.09. The number of carbonyl (C=O) groups is 1. The molecule has 0 aliphatic carbocycles. The number of anilines is 1. The smallest absolute Gasteiger partial charge is 0.243 e. The van der Waals surface area contributed by atoms with Crippen LogP contribution in [0.25, 0.3) is 0 Å². The number of hydrogen-bond acceptors (Lipinski definition) is 4. The van der Waals surface area contributed by atoms with E-state index < -0.39 is 33.9 Å². The van der Waals surface area contributed by atoms with Crippen LogP contribution >= 0.6 is 15.9 Å². The topological polar surface area (TPSA) is 86.7 Å². The number of halogens is 2. The summed E-state index contributed by atoms with van der Waals surface area (Å²) in [7, 11) is -3.63. The molecule has 0 aromatic heterocycles. The molecule has 9 heteroatoms. The Hall–Kier alpha value is -1.03. The van der Waals surface area contributed by atoms with E-state index in [-0.39, 0.29) is 18.7 Å². The fraction of sp³-hybridized carbons (Fsp3) is 0.417. The molecule has 0 spiro atoms. The molecule has 6 nitrogen and oxygen atoms in total. The highest BCUT2D eigenvalue weighted by atomic mass is 79.9. The maximum atomic E-state index is 13.7. The van der Waals surface area contributed by atoms with Crippen LogP contribution in [0.1, 0.15) is 6.42 Å². The number of amides is 1. The Bertz CT molecular complexity index is 667. The van der Waals surface area contributed by atoms with Crippen molar-refractivity contribution in [1.82, 2.24) is 4.31 Å². The second-order valence-corrected chi connectivity index (χ2v) is 7.70. The molecule has 1 amide bonds. The lowest BCUT2D eigenvalue weighted by molar-refractivity contribution is -0.119. The summed E-state index contributed by atoms with van der Waals surface area (Å²) in [5.74, 6) is -1.31. The van der Waals surface area contributed by atoms with Crippen molar-refractivity contribution < 1.29 is 22.7 Å². The zero-order chi connectivity index (χ0) is 15.8. The predicted molar refractivity (Wildman–Crippen MR) is 78.7 cm³/mol. The highest BCUT2D eigenvalue weighted by molar-refractivity contribution is 9.10. The van der Waals surface area contributed by atoms with E-state index in [1.165, 1.54) is 12.1 Å². The molecule has 1 aromatic rings. The third-order valence-electron chi connectivity index (χ3n) is 3.15. The fourth-order valence-corrected chi connectivity index (χ4v) is 3.62. The number of carbonyl (C=O) groups excluding carboxylic acids is 1. The average Bonchev–Trinajstić information content (AvgIpc) is 2.75. The van der Waals surface area contributed by atoms with Crippen LogP contribution in [0.3, 0.4) is 0 Å². The Labute approximate surface area is 130 Å². The minimum absolute atomic E-state index is 0.0168. The minimum atomic E-state index is -3.63. The molecule has 2 N–H and O–H groups in total. The van der Waals surface area contributed by atoms with Gasteiger partial charge in [0.2, 0.25) is 15.9 Å². The van der Waals surface area contributed by atoms with Crippen LogP contribution in [0.4, 0.5) is 10.1 Å². The van der Waals surface area contributed by atoms with Crippen molar-refractivity contribution in [2.45, 2.75) is 18.6 Å². The van der Waals surface area contributed by atoms with Crippen molar-refractivity contribution in [3.8, 4) is 0 Å². The summed E-state index contributed by atoms with van der Waals surface area (Å²) in [4.78, 5) is 12.1. The van der Waals surface area contributed by atoms with Gasteiger partial charge >= 0.3 is 0 Å². The number of aliphatic hydroxyl groups excluding tert-OH is 1. The van der Waals surface area contributed by atoms with Gasteiger partial charge in [0.05, 0.1) is 18.0 Å². The van der Waals surface area contributed by atoms with E-state index in [0.717, 1.165) is 10.6 Å². The molecule has 0 radical (unpaired) electrons. The normalized spacial score (nSPS) is 23.2. The number of aliphatic hydroxyl groups is 1. The SMILES string of the molecule is CS(=O)(=O)N1C[C@H](O)C[C@H]1C(=O)Nc1ccc(Br)cc1F. The zero-order valence-corrected chi connectivity index (χ0v) is 13.5. The van der Waals surface area contributed by atoms with Gasteiger partial charge in [-0.2, -0.15) is 4.31 Å². The Morgan fingerprint density at radius 1 is 1.52 bits per heavy atom. The molecule has 116 valence electrons. The van der Waals surface area contributed by atoms with Crippen LogP contribution < -0.4 is 5.32 Å². The first-order chi connectivity index (χ1) is 9.68. The predicted octanol–water partition coefficient (Wildman–Crippen LogP) is 0.922. The largest absolute Gasteiger partial charge is 0.392 e. The van der Waals surface area contributed by atoms with Crippen molar-refractivity contribution in [3.63, 3.8) is 0 Å². The van der Waals surface area contributed by atoms with Crippen molar-refractivity contribution >= 4 is 37.5 Å². The molecule has 1 aliphatic heterocycles. The van der Waals surface area contributed by atoms with Gasteiger partial charge in [-0.3, -0.25) is 4.79 Å². The molecule has 21 heavy (non-hydrogen) atoms. The van der Waals surface area contributed by atoms with Gasteiger partial charge in [-0.1, -0.05) is 15.9 Å². The summed E-state index contributed by atoms with van der Waals surface area (Å²) in [6.45, 7) is -0.139. The Morgan fingerprint density at radius 2 is 2.19 bits per heavy atom. The van der Waals surface area contributed by atoms with E-state index >= 15 is 0 Å². The number of β-amino-alcohol motifs (C(OH)–C–C–N with tert-alkyl or cyclic N) is 1. The summed E-state index contributed by atoms with van der Waals surface area (Å²) in [6.07, 6.45) is 0.0352. The number of rotatable bonds is 3. The fourth-order valence-electron chi connectivity index (χ4n) is 2.20. The lowest BCUT2D eigenvalue weighted by atomic mass is 10.2. The first-order valence-corrected chi connectivity index (χ1v) is 8.73. The number of nitrogens with one attached hydrogen (secondary N) is 1. The van der Waals surface area contributed by atoms with Crippen LogP contribution in [0.2, 0.25) is 0 Å². The highest BCUT2D eigenvalue weighted by Gasteiger charge is 2.41. The molecule has 1 aliphatic rings. The summed E-state index contributed by atoms with van der Waals surface area (Å²) in [6, 6.07) is 3.07. The zero-order valence-electron chi connectivity index (χ0n) is 11.1. The minimum Gasteiger partial charge on any atom is -0.392 e. The lowest BCUT2D eigenvalue weighted by Crippen LogP contribution is -2.42. The highest BCUT2D eigenvalue weighted by Crippen LogP contribution is 2.24. The van der Waals surface area contributed by atoms with E-state index in [0.29, 0.717) is 4.47 Å². The molecule has 1 aromatic carbocycles. The van der Waals surface area contributed by atoms with Gasteiger partial charge in [-0.15, -0.1) is 0 Å². The molecule has 0 saturated carbocycles. The van der Waals surface area contributed by atoms with E-state index in [1.807, 2.05) is 0 Å². The summed E-state index contributed by atoms with van der Waals surface area (Å²) >= 11 is 3.10.